The van der Waals surface area contributed by atoms with Crippen LogP contribution in [-0.2, 0) is 9.59 Å². The molecule has 17 heavy (non-hydrogen) atoms. The van der Waals surface area contributed by atoms with Crippen LogP contribution in [0.2, 0.25) is 0 Å². The Morgan fingerprint density at radius 1 is 1.35 bits per heavy atom. The fourth-order valence-electron chi connectivity index (χ4n) is 2.47. The molecule has 2 aliphatic rings. The van der Waals surface area contributed by atoms with E-state index < -0.39 is 0 Å². The third kappa shape index (κ3) is 2.97. The molecule has 2 heterocycles. The molecular weight excluding hydrogens is 218 g/mol. The predicted molar refractivity (Wildman–Crippen MR) is 64.4 cm³/mol. The van der Waals surface area contributed by atoms with E-state index in [9.17, 15) is 9.59 Å². The molecule has 2 saturated heterocycles. The number of piperazine rings is 1. The van der Waals surface area contributed by atoms with Crippen molar-refractivity contribution in [2.75, 3.05) is 39.3 Å². The average molecular weight is 239 g/mol. The maximum Gasteiger partial charge on any atom is 0.242 e. The van der Waals surface area contributed by atoms with E-state index in [4.69, 9.17) is 0 Å². The highest BCUT2D eigenvalue weighted by molar-refractivity contribution is 5.86. The van der Waals surface area contributed by atoms with E-state index in [2.05, 4.69) is 5.32 Å². The first-order valence-electron chi connectivity index (χ1n) is 6.46. The highest BCUT2D eigenvalue weighted by Gasteiger charge is 2.28. The molecule has 0 saturated carbocycles. The molecular formula is C12H21N3O2. The fourth-order valence-corrected chi connectivity index (χ4v) is 2.47. The first kappa shape index (κ1) is 12.4. The molecule has 0 radical (unpaired) electrons. The lowest BCUT2D eigenvalue weighted by Gasteiger charge is -2.33. The first-order chi connectivity index (χ1) is 8.18. The molecule has 2 fully saturated rings. The standard InChI is InChI=1S/C12H21N3O2/c1-10-3-2-6-15(12(10)17)9-11(16)14-7-4-13-5-8-14/h10,13H,2-9H2,1H3. The summed E-state index contributed by atoms with van der Waals surface area (Å²) in [6, 6.07) is 0. The van der Waals surface area contributed by atoms with Crippen LogP contribution < -0.4 is 5.32 Å². The normalized spacial score (nSPS) is 26.2. The Kier molecular flexibility index (Phi) is 3.99. The summed E-state index contributed by atoms with van der Waals surface area (Å²) in [7, 11) is 0. The third-order valence-electron chi connectivity index (χ3n) is 3.59. The maximum absolute atomic E-state index is 12.0. The van der Waals surface area contributed by atoms with Crippen molar-refractivity contribution in [2.24, 2.45) is 5.92 Å². The molecule has 0 aromatic carbocycles. The fraction of sp³-hybridized carbons (Fsp3) is 0.833. The van der Waals surface area contributed by atoms with Crippen molar-refractivity contribution in [1.82, 2.24) is 15.1 Å². The second-order valence-corrected chi connectivity index (χ2v) is 4.93. The van der Waals surface area contributed by atoms with E-state index in [1.54, 1.807) is 4.90 Å². The van der Waals surface area contributed by atoms with Crippen molar-refractivity contribution in [1.29, 1.82) is 0 Å². The SMILES string of the molecule is CC1CCCN(CC(=O)N2CCNCC2)C1=O. The van der Waals surface area contributed by atoms with Crippen LogP contribution in [0, 0.1) is 5.92 Å². The van der Waals surface area contributed by atoms with Gasteiger partial charge in [-0.25, -0.2) is 0 Å². The number of carbonyl (C=O) groups is 2. The van der Waals surface area contributed by atoms with Gasteiger partial charge in [0.15, 0.2) is 0 Å². The molecule has 0 bridgehead atoms. The van der Waals surface area contributed by atoms with Crippen molar-refractivity contribution in [3.05, 3.63) is 0 Å². The van der Waals surface area contributed by atoms with Gasteiger partial charge in [-0.2, -0.15) is 0 Å². The predicted octanol–water partition coefficient (Wildman–Crippen LogP) is -0.323. The lowest BCUT2D eigenvalue weighted by atomic mass is 9.99. The summed E-state index contributed by atoms with van der Waals surface area (Å²) >= 11 is 0. The summed E-state index contributed by atoms with van der Waals surface area (Å²) in [5.41, 5.74) is 0. The minimum Gasteiger partial charge on any atom is -0.339 e. The molecule has 0 aromatic rings. The van der Waals surface area contributed by atoms with Gasteiger partial charge in [0, 0.05) is 38.6 Å². The van der Waals surface area contributed by atoms with E-state index in [0.29, 0.717) is 0 Å². The summed E-state index contributed by atoms with van der Waals surface area (Å²) in [6.45, 7) is 6.19. The van der Waals surface area contributed by atoms with E-state index in [0.717, 1.165) is 45.6 Å². The highest BCUT2D eigenvalue weighted by atomic mass is 16.2. The molecule has 2 rings (SSSR count). The number of rotatable bonds is 2. The lowest BCUT2D eigenvalue weighted by molar-refractivity contribution is -0.144. The van der Waals surface area contributed by atoms with Gasteiger partial charge < -0.3 is 15.1 Å². The van der Waals surface area contributed by atoms with Gasteiger partial charge in [-0.15, -0.1) is 0 Å². The third-order valence-corrected chi connectivity index (χ3v) is 3.59. The Morgan fingerprint density at radius 3 is 2.76 bits per heavy atom. The Hall–Kier alpha value is -1.10. The summed E-state index contributed by atoms with van der Waals surface area (Å²) in [5.74, 6) is 0.313. The summed E-state index contributed by atoms with van der Waals surface area (Å²) in [4.78, 5) is 27.5. The minimum atomic E-state index is 0.0829. The first-order valence-corrected chi connectivity index (χ1v) is 6.46. The zero-order valence-electron chi connectivity index (χ0n) is 10.4. The number of amides is 2. The summed E-state index contributed by atoms with van der Waals surface area (Å²) < 4.78 is 0. The van der Waals surface area contributed by atoms with Crippen molar-refractivity contribution < 1.29 is 9.59 Å². The molecule has 2 amide bonds. The molecule has 96 valence electrons. The van der Waals surface area contributed by atoms with Crippen LogP contribution in [0.1, 0.15) is 19.8 Å². The average Bonchev–Trinajstić information content (AvgIpc) is 2.36. The molecule has 0 spiro atoms. The Morgan fingerprint density at radius 2 is 2.06 bits per heavy atom. The highest BCUT2D eigenvalue weighted by Crippen LogP contribution is 2.17. The molecule has 1 N–H and O–H groups in total. The number of hydrogen-bond acceptors (Lipinski definition) is 3. The van der Waals surface area contributed by atoms with E-state index >= 15 is 0 Å². The van der Waals surface area contributed by atoms with Crippen LogP contribution in [0.5, 0.6) is 0 Å². The minimum absolute atomic E-state index is 0.0829. The number of likely N-dealkylation sites (tertiary alicyclic amines) is 1. The molecule has 1 unspecified atom stereocenters. The van der Waals surface area contributed by atoms with E-state index in [-0.39, 0.29) is 24.3 Å². The number of nitrogens with one attached hydrogen (secondary N) is 1. The van der Waals surface area contributed by atoms with Crippen molar-refractivity contribution >= 4 is 11.8 Å². The van der Waals surface area contributed by atoms with Crippen LogP contribution in [0.3, 0.4) is 0 Å². The van der Waals surface area contributed by atoms with E-state index in [1.807, 2.05) is 11.8 Å². The van der Waals surface area contributed by atoms with Crippen molar-refractivity contribution in [2.45, 2.75) is 19.8 Å². The molecule has 0 aliphatic carbocycles. The lowest BCUT2D eigenvalue weighted by Crippen LogP contribution is -2.51. The number of piperidine rings is 1. The van der Waals surface area contributed by atoms with E-state index in [1.165, 1.54) is 0 Å². The largest absolute Gasteiger partial charge is 0.339 e. The van der Waals surface area contributed by atoms with Gasteiger partial charge in [0.2, 0.25) is 11.8 Å². The number of nitrogens with zero attached hydrogens (tertiary/aromatic N) is 2. The van der Waals surface area contributed by atoms with Gasteiger partial charge in [0.05, 0.1) is 6.54 Å². The Labute approximate surface area is 102 Å². The van der Waals surface area contributed by atoms with Crippen LogP contribution >= 0.6 is 0 Å². The van der Waals surface area contributed by atoms with Crippen LogP contribution in [-0.4, -0.2) is 60.9 Å². The maximum atomic E-state index is 12.0. The summed E-state index contributed by atoms with van der Waals surface area (Å²) in [6.07, 6.45) is 1.97. The van der Waals surface area contributed by atoms with Gasteiger partial charge in [0.1, 0.15) is 0 Å². The molecule has 5 nitrogen and oxygen atoms in total. The monoisotopic (exact) mass is 239 g/mol. The van der Waals surface area contributed by atoms with Gasteiger partial charge in [-0.05, 0) is 12.8 Å². The Bertz CT molecular complexity index is 300. The molecule has 1 atom stereocenters. The Balaban J connectivity index is 1.86. The van der Waals surface area contributed by atoms with Gasteiger partial charge >= 0.3 is 0 Å². The van der Waals surface area contributed by atoms with Gasteiger partial charge in [-0.3, -0.25) is 9.59 Å². The molecule has 2 aliphatic heterocycles. The quantitative estimate of drug-likeness (QED) is 0.718. The second kappa shape index (κ2) is 5.49. The smallest absolute Gasteiger partial charge is 0.242 e. The topological polar surface area (TPSA) is 52.7 Å². The molecule has 0 aromatic heterocycles. The number of hydrogen-bond donors (Lipinski definition) is 1. The van der Waals surface area contributed by atoms with Crippen LogP contribution in [0.25, 0.3) is 0 Å². The second-order valence-electron chi connectivity index (χ2n) is 4.93. The van der Waals surface area contributed by atoms with Crippen molar-refractivity contribution in [3.8, 4) is 0 Å². The zero-order valence-corrected chi connectivity index (χ0v) is 10.4. The van der Waals surface area contributed by atoms with Gasteiger partial charge in [0.25, 0.3) is 0 Å². The zero-order chi connectivity index (χ0) is 12.3. The molecule has 5 heteroatoms. The summed E-state index contributed by atoms with van der Waals surface area (Å²) in [5, 5.41) is 3.21. The van der Waals surface area contributed by atoms with Crippen LogP contribution in [0.4, 0.5) is 0 Å². The van der Waals surface area contributed by atoms with Crippen molar-refractivity contribution in [3.63, 3.8) is 0 Å². The van der Waals surface area contributed by atoms with Gasteiger partial charge in [-0.1, -0.05) is 6.92 Å². The number of carbonyl (C=O) groups excluding carboxylic acids is 2. The van der Waals surface area contributed by atoms with Crippen LogP contribution in [0.15, 0.2) is 0 Å².